The van der Waals surface area contributed by atoms with Gasteiger partial charge in [-0.25, -0.2) is 15.2 Å². The molecule has 0 aromatic carbocycles. The summed E-state index contributed by atoms with van der Waals surface area (Å²) in [5.74, 6) is 0. The SMILES string of the molecule is Cc1nc(C)c(C=NNC(N)=O)s1. The predicted molar refractivity (Wildman–Crippen MR) is 51.9 cm³/mol. The van der Waals surface area contributed by atoms with Crippen molar-refractivity contribution in [2.24, 2.45) is 10.8 Å². The van der Waals surface area contributed by atoms with E-state index in [9.17, 15) is 4.79 Å². The molecule has 1 heterocycles. The highest BCUT2D eigenvalue weighted by atomic mass is 32.1. The Morgan fingerprint density at radius 1 is 1.69 bits per heavy atom. The average Bonchev–Trinajstić information content (AvgIpc) is 2.29. The molecule has 0 bridgehead atoms. The summed E-state index contributed by atoms with van der Waals surface area (Å²) in [5.41, 5.74) is 7.84. The number of nitrogens with one attached hydrogen (secondary N) is 1. The number of hydrazone groups is 1. The molecule has 0 aliphatic heterocycles. The lowest BCUT2D eigenvalue weighted by molar-refractivity contribution is 0.249. The summed E-state index contributed by atoms with van der Waals surface area (Å²) in [7, 11) is 0. The molecule has 70 valence electrons. The fourth-order valence-corrected chi connectivity index (χ4v) is 1.62. The van der Waals surface area contributed by atoms with Crippen LogP contribution in [0.4, 0.5) is 4.79 Å². The van der Waals surface area contributed by atoms with Gasteiger partial charge in [0, 0.05) is 0 Å². The Labute approximate surface area is 79.7 Å². The molecule has 6 heteroatoms. The van der Waals surface area contributed by atoms with E-state index in [2.05, 4.69) is 15.5 Å². The van der Waals surface area contributed by atoms with Gasteiger partial charge in [-0.05, 0) is 13.8 Å². The van der Waals surface area contributed by atoms with Crippen molar-refractivity contribution in [3.63, 3.8) is 0 Å². The van der Waals surface area contributed by atoms with Crippen LogP contribution in [0.25, 0.3) is 0 Å². The third-order valence-corrected chi connectivity index (χ3v) is 2.30. The summed E-state index contributed by atoms with van der Waals surface area (Å²) in [4.78, 5) is 15.4. The van der Waals surface area contributed by atoms with E-state index in [1.165, 1.54) is 17.6 Å². The number of primary amides is 1. The van der Waals surface area contributed by atoms with Crippen LogP contribution in [-0.4, -0.2) is 17.2 Å². The maximum atomic E-state index is 10.3. The van der Waals surface area contributed by atoms with E-state index < -0.39 is 6.03 Å². The molecule has 13 heavy (non-hydrogen) atoms. The fourth-order valence-electron chi connectivity index (χ4n) is 0.821. The van der Waals surface area contributed by atoms with Gasteiger partial charge in [-0.3, -0.25) is 0 Å². The van der Waals surface area contributed by atoms with Crippen molar-refractivity contribution in [2.75, 3.05) is 0 Å². The van der Waals surface area contributed by atoms with Crippen LogP contribution in [0.5, 0.6) is 0 Å². The van der Waals surface area contributed by atoms with Gasteiger partial charge in [0.15, 0.2) is 0 Å². The van der Waals surface area contributed by atoms with Gasteiger partial charge < -0.3 is 5.73 Å². The molecule has 0 spiro atoms. The first-order valence-corrected chi connectivity index (χ1v) is 4.44. The molecule has 2 amide bonds. The largest absolute Gasteiger partial charge is 0.350 e. The highest BCUT2D eigenvalue weighted by Crippen LogP contribution is 2.14. The minimum absolute atomic E-state index is 0.671. The molecule has 0 saturated heterocycles. The second-order valence-electron chi connectivity index (χ2n) is 2.42. The van der Waals surface area contributed by atoms with Crippen molar-refractivity contribution in [2.45, 2.75) is 13.8 Å². The number of nitrogens with zero attached hydrogens (tertiary/aromatic N) is 2. The standard InChI is InChI=1S/C7H10N4OS/c1-4-6(13-5(2)10-4)3-9-11-7(8)12/h3H,1-2H3,(H3,8,11,12). The van der Waals surface area contributed by atoms with Gasteiger partial charge in [0.25, 0.3) is 0 Å². The van der Waals surface area contributed by atoms with Crippen molar-refractivity contribution < 1.29 is 4.79 Å². The van der Waals surface area contributed by atoms with Crippen LogP contribution in [-0.2, 0) is 0 Å². The molecule has 0 aliphatic carbocycles. The zero-order valence-electron chi connectivity index (χ0n) is 7.37. The van der Waals surface area contributed by atoms with Gasteiger partial charge in [-0.1, -0.05) is 0 Å². The molecule has 3 N–H and O–H groups in total. The molecule has 0 unspecified atom stereocenters. The number of carbonyl (C=O) groups excluding carboxylic acids is 1. The van der Waals surface area contributed by atoms with E-state index in [1.54, 1.807) is 0 Å². The second kappa shape index (κ2) is 3.99. The lowest BCUT2D eigenvalue weighted by Crippen LogP contribution is -2.24. The lowest BCUT2D eigenvalue weighted by atomic mass is 10.4. The van der Waals surface area contributed by atoms with Crippen molar-refractivity contribution in [1.82, 2.24) is 10.4 Å². The van der Waals surface area contributed by atoms with Gasteiger partial charge >= 0.3 is 6.03 Å². The number of carbonyl (C=O) groups is 1. The first-order valence-electron chi connectivity index (χ1n) is 3.62. The number of urea groups is 1. The maximum Gasteiger partial charge on any atom is 0.332 e. The second-order valence-corrected chi connectivity index (χ2v) is 3.65. The van der Waals surface area contributed by atoms with E-state index in [0.717, 1.165) is 15.6 Å². The average molecular weight is 198 g/mol. The molecule has 5 nitrogen and oxygen atoms in total. The Morgan fingerprint density at radius 2 is 2.38 bits per heavy atom. The van der Waals surface area contributed by atoms with Crippen LogP contribution in [0.15, 0.2) is 5.10 Å². The van der Waals surface area contributed by atoms with E-state index in [0.29, 0.717) is 0 Å². The summed E-state index contributed by atoms with van der Waals surface area (Å²) in [5, 5.41) is 4.61. The number of aryl methyl sites for hydroxylation is 2. The third-order valence-electron chi connectivity index (χ3n) is 1.30. The number of rotatable bonds is 2. The third kappa shape index (κ3) is 2.83. The fraction of sp³-hybridized carbons (Fsp3) is 0.286. The van der Waals surface area contributed by atoms with Gasteiger partial charge in [0.2, 0.25) is 0 Å². The Bertz CT molecular complexity index is 344. The quantitative estimate of drug-likeness (QED) is 0.543. The zero-order chi connectivity index (χ0) is 9.84. The molecule has 1 aromatic rings. The summed E-state index contributed by atoms with van der Waals surface area (Å²) in [6, 6.07) is -0.671. The van der Waals surface area contributed by atoms with Crippen molar-refractivity contribution in [3.8, 4) is 0 Å². The van der Waals surface area contributed by atoms with Gasteiger partial charge in [0.05, 0.1) is 21.8 Å². The van der Waals surface area contributed by atoms with Gasteiger partial charge in [-0.15, -0.1) is 11.3 Å². The van der Waals surface area contributed by atoms with Crippen LogP contribution in [0.2, 0.25) is 0 Å². The van der Waals surface area contributed by atoms with Gasteiger partial charge in [-0.2, -0.15) is 5.10 Å². The van der Waals surface area contributed by atoms with Crippen molar-refractivity contribution in [3.05, 3.63) is 15.6 Å². The highest BCUT2D eigenvalue weighted by molar-refractivity contribution is 7.13. The first kappa shape index (κ1) is 9.66. The molecule has 0 radical (unpaired) electrons. The molecule has 0 fully saturated rings. The lowest BCUT2D eigenvalue weighted by Gasteiger charge is -1.89. The Morgan fingerprint density at radius 3 is 2.85 bits per heavy atom. The monoisotopic (exact) mass is 198 g/mol. The van der Waals surface area contributed by atoms with Crippen LogP contribution in [0, 0.1) is 13.8 Å². The minimum atomic E-state index is -0.671. The number of hydrogen-bond acceptors (Lipinski definition) is 4. The summed E-state index contributed by atoms with van der Waals surface area (Å²) in [6.07, 6.45) is 1.53. The molecule has 1 aromatic heterocycles. The zero-order valence-corrected chi connectivity index (χ0v) is 8.18. The maximum absolute atomic E-state index is 10.3. The molecule has 0 atom stereocenters. The van der Waals surface area contributed by atoms with Crippen LogP contribution in [0.3, 0.4) is 0 Å². The highest BCUT2D eigenvalue weighted by Gasteiger charge is 2.00. The van der Waals surface area contributed by atoms with Crippen LogP contribution >= 0.6 is 11.3 Å². The number of aromatic nitrogens is 1. The minimum Gasteiger partial charge on any atom is -0.350 e. The predicted octanol–water partition coefficient (Wildman–Crippen LogP) is 0.762. The van der Waals surface area contributed by atoms with Crippen LogP contribution in [0.1, 0.15) is 15.6 Å². The van der Waals surface area contributed by atoms with E-state index in [-0.39, 0.29) is 0 Å². The van der Waals surface area contributed by atoms with E-state index in [1.807, 2.05) is 13.8 Å². The molecule has 0 aliphatic rings. The van der Waals surface area contributed by atoms with Gasteiger partial charge in [0.1, 0.15) is 0 Å². The summed E-state index contributed by atoms with van der Waals surface area (Å²) in [6.45, 7) is 3.80. The van der Waals surface area contributed by atoms with Crippen molar-refractivity contribution in [1.29, 1.82) is 0 Å². The number of hydrogen-bond donors (Lipinski definition) is 2. The van der Waals surface area contributed by atoms with Crippen molar-refractivity contribution >= 4 is 23.6 Å². The summed E-state index contributed by atoms with van der Waals surface area (Å²) >= 11 is 1.51. The molecule has 0 saturated carbocycles. The normalized spacial score (nSPS) is 10.6. The topological polar surface area (TPSA) is 80.4 Å². The first-order chi connectivity index (χ1) is 6.09. The number of amides is 2. The molecular weight excluding hydrogens is 188 g/mol. The Kier molecular flexibility index (Phi) is 2.97. The Hall–Kier alpha value is -1.43. The van der Waals surface area contributed by atoms with E-state index in [4.69, 9.17) is 5.73 Å². The molecular formula is C7H10N4OS. The van der Waals surface area contributed by atoms with Crippen LogP contribution < -0.4 is 11.2 Å². The van der Waals surface area contributed by atoms with E-state index >= 15 is 0 Å². The summed E-state index contributed by atoms with van der Waals surface area (Å²) < 4.78 is 0. The smallest absolute Gasteiger partial charge is 0.332 e. The number of nitrogens with two attached hydrogens (primary N) is 1. The molecule has 1 rings (SSSR count). The number of thiazole rings is 1. The Balaban J connectivity index is 2.68.